The molecule has 4 rings (SSSR count). The van der Waals surface area contributed by atoms with Gasteiger partial charge in [-0.2, -0.15) is 0 Å². The predicted molar refractivity (Wildman–Crippen MR) is 148 cm³/mol. The lowest BCUT2D eigenvalue weighted by Crippen LogP contribution is -2.29. The molecule has 0 aromatic carbocycles. The highest BCUT2D eigenvalue weighted by molar-refractivity contribution is 7.91. The monoisotopic (exact) mass is 540 g/mol. The molecule has 0 saturated carbocycles. The van der Waals surface area contributed by atoms with Crippen LogP contribution in [-0.2, 0) is 14.6 Å². The highest BCUT2D eigenvalue weighted by atomic mass is 32.2. The van der Waals surface area contributed by atoms with E-state index in [1.807, 2.05) is 33.0 Å². The summed E-state index contributed by atoms with van der Waals surface area (Å²) in [5.74, 6) is 1.49. The van der Waals surface area contributed by atoms with E-state index in [1.54, 1.807) is 25.3 Å². The Balaban J connectivity index is 1.67. The number of fused-ring (bicyclic) bond motifs is 2. The van der Waals surface area contributed by atoms with Gasteiger partial charge in [-0.25, -0.2) is 28.2 Å². The Morgan fingerprint density at radius 3 is 2.50 bits per heavy atom. The number of cyclic esters (lactones) is 1. The van der Waals surface area contributed by atoms with Gasteiger partial charge in [-0.1, -0.05) is 20.8 Å². The summed E-state index contributed by atoms with van der Waals surface area (Å²) in [5.41, 5.74) is 2.26. The largest absolute Gasteiger partial charge is 0.474 e. The second-order valence-corrected chi connectivity index (χ2v) is 12.9. The maximum atomic E-state index is 12.3. The third-order valence-electron chi connectivity index (χ3n) is 7.45. The van der Waals surface area contributed by atoms with Gasteiger partial charge in [0.25, 0.3) is 0 Å². The van der Waals surface area contributed by atoms with Crippen LogP contribution in [0.1, 0.15) is 87.8 Å². The van der Waals surface area contributed by atoms with E-state index < -0.39 is 15.1 Å². The summed E-state index contributed by atoms with van der Waals surface area (Å²) in [6.07, 6.45) is 5.48. The molecule has 204 valence electrons. The molecule has 0 aliphatic carbocycles. The number of carbonyl (C=O) groups excluding carboxylic acids is 1. The second-order valence-electron chi connectivity index (χ2n) is 10.4. The van der Waals surface area contributed by atoms with Crippen molar-refractivity contribution in [1.82, 2.24) is 15.0 Å². The second kappa shape index (κ2) is 10.8. The first-order chi connectivity index (χ1) is 17.9. The third kappa shape index (κ3) is 5.75. The minimum absolute atomic E-state index is 0.0239. The summed E-state index contributed by atoms with van der Waals surface area (Å²) in [7, 11) is -3.16. The summed E-state index contributed by atoms with van der Waals surface area (Å²) in [6.45, 7) is 11.7. The molecular weight excluding hydrogens is 504 g/mol. The molecule has 3 aromatic heterocycles. The van der Waals surface area contributed by atoms with Gasteiger partial charge in [0, 0.05) is 31.0 Å². The van der Waals surface area contributed by atoms with Crippen molar-refractivity contribution >= 4 is 38.2 Å². The van der Waals surface area contributed by atoms with Crippen LogP contribution in [0.5, 0.6) is 5.88 Å². The zero-order valence-corrected chi connectivity index (χ0v) is 23.8. The summed E-state index contributed by atoms with van der Waals surface area (Å²) >= 11 is 0. The van der Waals surface area contributed by atoms with Gasteiger partial charge < -0.3 is 14.8 Å². The van der Waals surface area contributed by atoms with Crippen LogP contribution in [0.15, 0.2) is 30.6 Å². The Hall–Kier alpha value is -3.27. The number of hydrogen-bond donors (Lipinski definition) is 1. The number of pyridine rings is 3. The number of carbonyl (C=O) groups is 1. The smallest absolute Gasteiger partial charge is 0.340 e. The first-order valence-electron chi connectivity index (χ1n) is 13.0. The molecule has 5 atom stereocenters. The Bertz CT molecular complexity index is 1460. The number of aromatic nitrogens is 3. The third-order valence-corrected chi connectivity index (χ3v) is 9.10. The van der Waals surface area contributed by atoms with Crippen molar-refractivity contribution in [3.63, 3.8) is 0 Å². The topological polar surface area (TPSA) is 120 Å². The standard InChI is InChI=1S/C28H36N4O5S/c1-8-15(2)22-13-30-27(36-16(3)11-17(4)38(7,34)35)23-14-29-25(12-21(22)23)31-24-10-9-20-26(32-24)18(5)19(6)37-28(20)33/h9-10,12-19H,8,11H2,1-7H3,(H,29,31,32)/t15?,16-,17?,18?,19+/m1/s1. The lowest BCUT2D eigenvalue weighted by Gasteiger charge is -2.27. The molecular formula is C28H36N4O5S. The predicted octanol–water partition coefficient (Wildman–Crippen LogP) is 5.53. The number of sulfone groups is 1. The lowest BCUT2D eigenvalue weighted by atomic mass is 9.94. The van der Waals surface area contributed by atoms with Crippen molar-refractivity contribution in [2.75, 3.05) is 11.6 Å². The Labute approximate surface area is 224 Å². The molecule has 0 bridgehead atoms. The molecule has 38 heavy (non-hydrogen) atoms. The molecule has 10 heteroatoms. The molecule has 0 fully saturated rings. The normalized spacial score (nSPS) is 19.8. The molecule has 0 spiro atoms. The number of esters is 1. The molecule has 1 aliphatic heterocycles. The van der Waals surface area contributed by atoms with Crippen LogP contribution in [-0.4, -0.2) is 53.1 Å². The van der Waals surface area contributed by atoms with E-state index in [9.17, 15) is 13.2 Å². The zero-order valence-electron chi connectivity index (χ0n) is 23.0. The van der Waals surface area contributed by atoms with Gasteiger partial charge in [-0.3, -0.25) is 0 Å². The van der Waals surface area contributed by atoms with Crippen LogP contribution in [0.2, 0.25) is 0 Å². The van der Waals surface area contributed by atoms with Gasteiger partial charge in [0.2, 0.25) is 5.88 Å². The van der Waals surface area contributed by atoms with Crippen LogP contribution in [0.3, 0.4) is 0 Å². The van der Waals surface area contributed by atoms with Crippen LogP contribution >= 0.6 is 0 Å². The summed E-state index contributed by atoms with van der Waals surface area (Å²) < 4.78 is 35.3. The highest BCUT2D eigenvalue weighted by Gasteiger charge is 2.31. The Kier molecular flexibility index (Phi) is 7.92. The average Bonchev–Trinajstić information content (AvgIpc) is 2.86. The molecule has 1 N–H and O–H groups in total. The molecule has 4 heterocycles. The molecule has 9 nitrogen and oxygen atoms in total. The molecule has 0 amide bonds. The Morgan fingerprint density at radius 2 is 1.82 bits per heavy atom. The number of nitrogens with one attached hydrogen (secondary N) is 1. The van der Waals surface area contributed by atoms with E-state index in [0.717, 1.165) is 22.8 Å². The molecule has 3 aromatic rings. The maximum Gasteiger partial charge on any atom is 0.340 e. The van der Waals surface area contributed by atoms with Gasteiger partial charge >= 0.3 is 5.97 Å². The van der Waals surface area contributed by atoms with E-state index >= 15 is 0 Å². The minimum atomic E-state index is -3.16. The first-order valence-corrected chi connectivity index (χ1v) is 15.0. The fourth-order valence-electron chi connectivity index (χ4n) is 4.54. The fourth-order valence-corrected chi connectivity index (χ4v) is 5.16. The van der Waals surface area contributed by atoms with Gasteiger partial charge in [0.1, 0.15) is 27.6 Å². The van der Waals surface area contributed by atoms with Gasteiger partial charge in [-0.05, 0) is 62.3 Å². The first kappa shape index (κ1) is 27.8. The van der Waals surface area contributed by atoms with E-state index in [-0.39, 0.29) is 30.0 Å². The lowest BCUT2D eigenvalue weighted by molar-refractivity contribution is 0.0235. The van der Waals surface area contributed by atoms with Crippen LogP contribution in [0, 0.1) is 0 Å². The average molecular weight is 541 g/mol. The van der Waals surface area contributed by atoms with E-state index in [1.165, 1.54) is 6.26 Å². The van der Waals surface area contributed by atoms with Crippen LogP contribution in [0.25, 0.3) is 10.8 Å². The van der Waals surface area contributed by atoms with Gasteiger partial charge in [0.05, 0.1) is 28.0 Å². The van der Waals surface area contributed by atoms with Crippen molar-refractivity contribution in [3.8, 4) is 5.88 Å². The van der Waals surface area contributed by atoms with E-state index in [4.69, 9.17) is 14.5 Å². The molecule has 0 radical (unpaired) electrons. The maximum absolute atomic E-state index is 12.3. The summed E-state index contributed by atoms with van der Waals surface area (Å²) in [6, 6.07) is 5.43. The zero-order chi connectivity index (χ0) is 27.8. The Morgan fingerprint density at radius 1 is 1.08 bits per heavy atom. The summed E-state index contributed by atoms with van der Waals surface area (Å²) in [4.78, 5) is 26.2. The van der Waals surface area contributed by atoms with Crippen molar-refractivity contribution in [2.24, 2.45) is 0 Å². The quantitative estimate of drug-likeness (QED) is 0.349. The molecule has 3 unspecified atom stereocenters. The van der Waals surface area contributed by atoms with Crippen molar-refractivity contribution < 1.29 is 22.7 Å². The summed E-state index contributed by atoms with van der Waals surface area (Å²) in [5, 5.41) is 4.47. The van der Waals surface area contributed by atoms with E-state index in [0.29, 0.717) is 35.2 Å². The number of rotatable bonds is 9. The minimum Gasteiger partial charge on any atom is -0.474 e. The number of nitrogens with zero attached hydrogens (tertiary/aromatic N) is 3. The van der Waals surface area contributed by atoms with Gasteiger partial charge in [0.15, 0.2) is 0 Å². The van der Waals surface area contributed by atoms with Gasteiger partial charge in [-0.15, -0.1) is 0 Å². The van der Waals surface area contributed by atoms with Crippen LogP contribution < -0.4 is 10.1 Å². The number of anilines is 2. The fraction of sp³-hybridized carbons (Fsp3) is 0.500. The van der Waals surface area contributed by atoms with Crippen LogP contribution in [0.4, 0.5) is 11.6 Å². The molecule has 1 aliphatic rings. The van der Waals surface area contributed by atoms with E-state index in [2.05, 4.69) is 29.1 Å². The van der Waals surface area contributed by atoms with Crippen molar-refractivity contribution in [2.45, 2.75) is 83.7 Å². The SMILES string of the molecule is CCC(C)c1cnc(O[C@H](C)CC(C)S(C)(=O)=O)c2cnc(Nc3ccc4c(n3)C(C)[C@H](C)OC4=O)cc12. The highest BCUT2D eigenvalue weighted by Crippen LogP contribution is 2.35. The number of ether oxygens (including phenoxy) is 2. The number of hydrogen-bond acceptors (Lipinski definition) is 9. The molecule has 0 saturated heterocycles. The van der Waals surface area contributed by atoms with Crippen molar-refractivity contribution in [3.05, 3.63) is 47.4 Å². The van der Waals surface area contributed by atoms with Crippen molar-refractivity contribution in [1.29, 1.82) is 0 Å².